The molecule has 4 bridgehead atoms. The number of aryl methyl sites for hydroxylation is 1. The molecule has 4 aliphatic carbocycles. The van der Waals surface area contributed by atoms with Crippen LogP contribution in [0.15, 0.2) is 30.3 Å². The second kappa shape index (κ2) is 13.7. The first-order valence-electron chi connectivity index (χ1n) is 20.9. The summed E-state index contributed by atoms with van der Waals surface area (Å²) in [6.07, 6.45) is 3.11. The Hall–Kier alpha value is -4.02. The van der Waals surface area contributed by atoms with E-state index in [0.717, 1.165) is 25.0 Å². The lowest BCUT2D eigenvalue weighted by Crippen LogP contribution is -2.50. The number of carbonyl (C=O) groups is 2. The van der Waals surface area contributed by atoms with Crippen LogP contribution in [0, 0.1) is 29.0 Å². The monoisotopic (exact) mass is 845 g/mol. The molecule has 14 heteroatoms. The van der Waals surface area contributed by atoms with Crippen LogP contribution in [0.3, 0.4) is 0 Å². The number of pyridine rings is 1. The van der Waals surface area contributed by atoms with E-state index < -0.39 is 41.2 Å². The molecule has 4 aromatic rings. The highest BCUT2D eigenvalue weighted by atomic mass is 35.5. The Labute approximate surface area is 351 Å². The summed E-state index contributed by atoms with van der Waals surface area (Å²) in [5.74, 6) is -1.32. The second-order valence-corrected chi connectivity index (χ2v) is 19.5. The van der Waals surface area contributed by atoms with Crippen LogP contribution in [-0.2, 0) is 20.7 Å². The average Bonchev–Trinajstić information content (AvgIpc) is 3.81. The smallest absolute Gasteiger partial charge is 0.410 e. The molecule has 7 aliphatic rings. The van der Waals surface area contributed by atoms with E-state index in [4.69, 9.17) is 37.7 Å². The number of likely N-dealkylation sites (tertiary alicyclic amines) is 1. The zero-order valence-corrected chi connectivity index (χ0v) is 35.0. The number of nitriles is 1. The molecule has 3 aliphatic heterocycles. The summed E-state index contributed by atoms with van der Waals surface area (Å²) in [4.78, 5) is 36.5. The Morgan fingerprint density at radius 2 is 1.90 bits per heavy atom. The van der Waals surface area contributed by atoms with E-state index in [0.29, 0.717) is 46.8 Å². The maximum atomic E-state index is 17.6. The van der Waals surface area contributed by atoms with Gasteiger partial charge in [0.05, 0.1) is 63.8 Å². The highest BCUT2D eigenvalue weighted by Gasteiger charge is 2.63. The number of rotatable bonds is 9. The molecule has 310 valence electrons. The Morgan fingerprint density at radius 1 is 1.14 bits per heavy atom. The average molecular weight is 847 g/mol. The molecule has 3 saturated heterocycles. The van der Waals surface area contributed by atoms with Gasteiger partial charge < -0.3 is 28.9 Å². The molecule has 11 rings (SSSR count). The molecule has 0 unspecified atom stereocenters. The van der Waals surface area contributed by atoms with Crippen molar-refractivity contribution in [1.29, 1.82) is 5.26 Å². The van der Waals surface area contributed by atoms with Gasteiger partial charge in [0, 0.05) is 58.4 Å². The number of amides is 2. The van der Waals surface area contributed by atoms with Gasteiger partial charge in [0.1, 0.15) is 11.1 Å². The Balaban J connectivity index is 1.25. The van der Waals surface area contributed by atoms with Crippen molar-refractivity contribution in [2.75, 3.05) is 6.54 Å². The summed E-state index contributed by atoms with van der Waals surface area (Å²) in [5.41, 5.74) is -0.00495. The fraction of sp³-hybridized carbons (Fsp3) is 0.556. The van der Waals surface area contributed by atoms with E-state index in [1.807, 2.05) is 32.9 Å². The van der Waals surface area contributed by atoms with E-state index in [9.17, 15) is 20.0 Å². The van der Waals surface area contributed by atoms with Crippen molar-refractivity contribution in [3.05, 3.63) is 63.1 Å². The number of aliphatic hydroxyl groups excluding tert-OH is 1. The quantitative estimate of drug-likeness (QED) is 0.178. The van der Waals surface area contributed by atoms with E-state index in [2.05, 4.69) is 10.6 Å². The van der Waals surface area contributed by atoms with Gasteiger partial charge in [0.25, 0.3) is 5.91 Å². The zero-order valence-electron chi connectivity index (χ0n) is 33.5. The summed E-state index contributed by atoms with van der Waals surface area (Å²) in [6.45, 7) is 7.52. The summed E-state index contributed by atoms with van der Waals surface area (Å²) >= 11 is 13.2. The molecular weight excluding hydrogens is 799 g/mol. The maximum Gasteiger partial charge on any atom is 0.410 e. The minimum absolute atomic E-state index is 0.00164. The van der Waals surface area contributed by atoms with Crippen LogP contribution in [0.1, 0.15) is 114 Å². The Morgan fingerprint density at radius 3 is 2.58 bits per heavy atom. The first-order chi connectivity index (χ1) is 28.1. The van der Waals surface area contributed by atoms with Crippen molar-refractivity contribution < 1.29 is 33.0 Å². The number of benzene rings is 2. The zero-order chi connectivity index (χ0) is 41.4. The number of nitrogens with zero attached hydrogens (tertiary/aromatic N) is 5. The third kappa shape index (κ3) is 6.23. The topological polar surface area (TPSA) is 121 Å². The van der Waals surface area contributed by atoms with Crippen molar-refractivity contribution in [3.63, 3.8) is 0 Å². The summed E-state index contributed by atoms with van der Waals surface area (Å²) < 4.78 is 48.3. The third-order valence-electron chi connectivity index (χ3n) is 13.6. The lowest BCUT2D eigenvalue weighted by molar-refractivity contribution is -0.146. The lowest BCUT2D eigenvalue weighted by atomic mass is 9.79. The van der Waals surface area contributed by atoms with Gasteiger partial charge in [-0.3, -0.25) is 4.79 Å². The van der Waals surface area contributed by atoms with E-state index in [1.165, 1.54) is 0 Å². The second-order valence-electron chi connectivity index (χ2n) is 18.7. The number of piperidine rings is 1. The largest absolute Gasteiger partial charge is 0.444 e. The highest BCUT2D eigenvalue weighted by Crippen LogP contribution is 2.59. The third-order valence-corrected chi connectivity index (χ3v) is 14.4. The molecule has 4 saturated carbocycles. The van der Waals surface area contributed by atoms with Gasteiger partial charge in [-0.2, -0.15) is 5.26 Å². The summed E-state index contributed by atoms with van der Waals surface area (Å²) in [7, 11) is 0. The number of hydrogen-bond acceptors (Lipinski definition) is 7. The van der Waals surface area contributed by atoms with Crippen LogP contribution in [-0.4, -0.2) is 78.6 Å². The van der Waals surface area contributed by atoms with Crippen LogP contribution >= 0.6 is 23.2 Å². The first-order valence-corrected chi connectivity index (χ1v) is 21.7. The van der Waals surface area contributed by atoms with E-state index in [1.54, 1.807) is 34.9 Å². The normalized spacial score (nSPS) is 28.3. The molecule has 10 nitrogen and oxygen atoms in total. The molecule has 2 aromatic carbocycles. The summed E-state index contributed by atoms with van der Waals surface area (Å²) in [6, 6.07) is 9.61. The molecule has 2 amide bonds. The lowest BCUT2D eigenvalue weighted by Gasteiger charge is -2.44. The van der Waals surface area contributed by atoms with Crippen molar-refractivity contribution in [3.8, 4) is 17.2 Å². The van der Waals surface area contributed by atoms with Gasteiger partial charge >= 0.3 is 6.09 Å². The highest BCUT2D eigenvalue weighted by molar-refractivity contribution is 6.43. The Kier molecular flexibility index (Phi) is 9.12. The molecule has 5 heterocycles. The molecule has 8 atom stereocenters. The number of ether oxygens (including phenoxy) is 2. The molecular formula is C45H47Cl2F2N5O5. The van der Waals surface area contributed by atoms with Crippen molar-refractivity contribution in [1.82, 2.24) is 19.4 Å². The number of alkyl halides is 1. The fourth-order valence-corrected chi connectivity index (χ4v) is 11.1. The first kappa shape index (κ1) is 39.1. The van der Waals surface area contributed by atoms with Gasteiger partial charge in [-0.05, 0) is 103 Å². The minimum Gasteiger partial charge on any atom is -0.444 e. The van der Waals surface area contributed by atoms with E-state index in [-0.39, 0.29) is 94.7 Å². The van der Waals surface area contributed by atoms with Crippen LogP contribution in [0.2, 0.25) is 10.0 Å². The van der Waals surface area contributed by atoms with Gasteiger partial charge in [-0.1, -0.05) is 35.3 Å². The number of fused-ring (bicyclic) bond motifs is 6. The number of aliphatic hydroxyl groups is 1. The SMILES string of the molecule is C[C@@H](O)c1nc2c(F)c(-c3cccc(Cl)c3Cl)c(CCC#N)cc2c2c1cc([C@H]1[C@H]3C[C@H](C[C@@H]3OC3CC3)N1C(=O)C1(F)CC1)n2[C@H]1[C@@H]2C[C@H]1N(C(=O)OC(C)(C)C)C2. The fourth-order valence-electron chi connectivity index (χ4n) is 10.7. The van der Waals surface area contributed by atoms with Crippen LogP contribution < -0.4 is 0 Å². The molecule has 0 radical (unpaired) electrons. The van der Waals surface area contributed by atoms with Crippen molar-refractivity contribution in [2.45, 2.75) is 139 Å². The predicted molar refractivity (Wildman–Crippen MR) is 218 cm³/mol. The number of halogens is 4. The van der Waals surface area contributed by atoms with Crippen molar-refractivity contribution in [2.24, 2.45) is 11.8 Å². The minimum atomic E-state index is -1.91. The predicted octanol–water partition coefficient (Wildman–Crippen LogP) is 9.70. The van der Waals surface area contributed by atoms with E-state index >= 15 is 8.78 Å². The van der Waals surface area contributed by atoms with Gasteiger partial charge in [-0.25, -0.2) is 18.6 Å². The number of carbonyl (C=O) groups excluding carboxylic acids is 2. The standard InChI is InChI=1S/C45H47Cl2F2N5O5/c1-21(55)37-29-19-32(41-27-17-24(18-33(27)58-25-10-11-25)53(41)42(56)45(49)12-13-45)54(39-23-16-31(39)52(20-23)43(57)59-44(2,3)4)40(29)28-15-22(7-6-14-50)34(36(48)38(28)51-37)26-8-5-9-30(46)35(26)47/h5,8-9,15,19,21,23-25,27,31,33,39,41,55H,6-7,10-13,16-18,20H2,1-4H3/t21-,23-,24-,27+,31-,33+,39+,41-/m1/s1. The van der Waals surface area contributed by atoms with Crippen LogP contribution in [0.5, 0.6) is 0 Å². The molecule has 2 aromatic heterocycles. The van der Waals surface area contributed by atoms with Gasteiger partial charge in [0.2, 0.25) is 0 Å². The molecule has 7 fully saturated rings. The maximum absolute atomic E-state index is 17.6. The van der Waals surface area contributed by atoms with Crippen LogP contribution in [0.4, 0.5) is 13.6 Å². The summed E-state index contributed by atoms with van der Waals surface area (Å²) in [5, 5.41) is 22.6. The number of hydrogen-bond donors (Lipinski definition) is 1. The molecule has 0 spiro atoms. The van der Waals surface area contributed by atoms with Gasteiger partial charge in [-0.15, -0.1) is 0 Å². The number of aromatic nitrogens is 2. The van der Waals surface area contributed by atoms with Crippen LogP contribution in [0.25, 0.3) is 32.9 Å². The molecule has 1 N–H and O–H groups in total. The Bertz CT molecular complexity index is 2490. The molecule has 59 heavy (non-hydrogen) atoms. The van der Waals surface area contributed by atoms with Crippen molar-refractivity contribution >= 4 is 57.0 Å². The van der Waals surface area contributed by atoms with Gasteiger partial charge in [0.15, 0.2) is 11.5 Å².